The van der Waals surface area contributed by atoms with E-state index in [1.807, 2.05) is 0 Å². The van der Waals surface area contributed by atoms with Gasteiger partial charge in [-0.2, -0.15) is 0 Å². The van der Waals surface area contributed by atoms with Gasteiger partial charge in [-0.1, -0.05) is 0 Å². The minimum absolute atomic E-state index is 0.0139. The SMILES string of the molecule is CC(F)CC1COCC1O. The van der Waals surface area contributed by atoms with Gasteiger partial charge in [0.2, 0.25) is 0 Å². The second-order valence-electron chi connectivity index (χ2n) is 2.88. The van der Waals surface area contributed by atoms with Crippen molar-refractivity contribution < 1.29 is 14.2 Å². The van der Waals surface area contributed by atoms with Crippen molar-refractivity contribution in [3.63, 3.8) is 0 Å². The second-order valence-corrected chi connectivity index (χ2v) is 2.88. The molecule has 0 bridgehead atoms. The first-order valence-corrected chi connectivity index (χ1v) is 3.60. The molecule has 0 aromatic carbocycles. The van der Waals surface area contributed by atoms with E-state index in [1.165, 1.54) is 6.92 Å². The zero-order chi connectivity index (χ0) is 7.56. The van der Waals surface area contributed by atoms with E-state index in [1.54, 1.807) is 0 Å². The van der Waals surface area contributed by atoms with Gasteiger partial charge >= 0.3 is 0 Å². The van der Waals surface area contributed by atoms with Crippen LogP contribution in [0.2, 0.25) is 0 Å². The minimum atomic E-state index is -0.832. The standard InChI is InChI=1S/C7H13FO2/c1-5(8)2-6-3-10-4-7(6)9/h5-7,9H,2-4H2,1H3. The summed E-state index contributed by atoms with van der Waals surface area (Å²) >= 11 is 0. The maximum atomic E-state index is 12.4. The summed E-state index contributed by atoms with van der Waals surface area (Å²) in [5.74, 6) is 0.0139. The lowest BCUT2D eigenvalue weighted by atomic mass is 10.0. The Balaban J connectivity index is 2.26. The van der Waals surface area contributed by atoms with E-state index >= 15 is 0 Å². The Morgan fingerprint density at radius 1 is 1.70 bits per heavy atom. The molecule has 3 heteroatoms. The van der Waals surface area contributed by atoms with Crippen LogP contribution in [0.15, 0.2) is 0 Å². The molecule has 2 nitrogen and oxygen atoms in total. The molecular formula is C7H13FO2. The molecule has 0 saturated carbocycles. The highest BCUT2D eigenvalue weighted by molar-refractivity contribution is 4.75. The zero-order valence-electron chi connectivity index (χ0n) is 6.09. The van der Waals surface area contributed by atoms with Crippen molar-refractivity contribution in [1.82, 2.24) is 0 Å². The van der Waals surface area contributed by atoms with Crippen LogP contribution in [0.25, 0.3) is 0 Å². The average molecular weight is 148 g/mol. The molecule has 0 aromatic rings. The topological polar surface area (TPSA) is 29.5 Å². The molecule has 10 heavy (non-hydrogen) atoms. The Kier molecular flexibility index (Phi) is 2.63. The first-order valence-electron chi connectivity index (χ1n) is 3.60. The van der Waals surface area contributed by atoms with Crippen LogP contribution < -0.4 is 0 Å². The van der Waals surface area contributed by atoms with Gasteiger partial charge in [-0.15, -0.1) is 0 Å². The van der Waals surface area contributed by atoms with E-state index in [-0.39, 0.29) is 5.92 Å². The zero-order valence-corrected chi connectivity index (χ0v) is 6.09. The van der Waals surface area contributed by atoms with Crippen LogP contribution in [-0.2, 0) is 4.74 Å². The van der Waals surface area contributed by atoms with Gasteiger partial charge in [-0.05, 0) is 13.3 Å². The maximum Gasteiger partial charge on any atom is 0.0978 e. The number of hydrogen-bond acceptors (Lipinski definition) is 2. The van der Waals surface area contributed by atoms with Gasteiger partial charge in [0, 0.05) is 5.92 Å². The van der Waals surface area contributed by atoms with E-state index in [0.29, 0.717) is 19.6 Å². The lowest BCUT2D eigenvalue weighted by Gasteiger charge is -2.11. The van der Waals surface area contributed by atoms with Gasteiger partial charge in [0.25, 0.3) is 0 Å². The van der Waals surface area contributed by atoms with Crippen LogP contribution in [-0.4, -0.2) is 30.6 Å². The molecular weight excluding hydrogens is 135 g/mol. The fraction of sp³-hybridized carbons (Fsp3) is 1.00. The minimum Gasteiger partial charge on any atom is -0.390 e. The maximum absolute atomic E-state index is 12.4. The van der Waals surface area contributed by atoms with E-state index < -0.39 is 12.3 Å². The van der Waals surface area contributed by atoms with Crippen molar-refractivity contribution in [3.05, 3.63) is 0 Å². The molecule has 1 N–H and O–H groups in total. The predicted octanol–water partition coefficient (Wildman–Crippen LogP) is 0.742. The quantitative estimate of drug-likeness (QED) is 0.626. The van der Waals surface area contributed by atoms with Gasteiger partial charge < -0.3 is 9.84 Å². The monoisotopic (exact) mass is 148 g/mol. The molecule has 60 valence electrons. The molecule has 3 atom stereocenters. The molecule has 0 radical (unpaired) electrons. The van der Waals surface area contributed by atoms with Gasteiger partial charge in [-0.3, -0.25) is 0 Å². The Morgan fingerprint density at radius 2 is 2.40 bits per heavy atom. The largest absolute Gasteiger partial charge is 0.390 e. The Bertz CT molecular complexity index is 106. The van der Waals surface area contributed by atoms with Crippen LogP contribution in [0.5, 0.6) is 0 Å². The van der Waals surface area contributed by atoms with Crippen LogP contribution in [0.4, 0.5) is 4.39 Å². The summed E-state index contributed by atoms with van der Waals surface area (Å²) in [5.41, 5.74) is 0. The van der Waals surface area contributed by atoms with Gasteiger partial charge in [0.15, 0.2) is 0 Å². The fourth-order valence-electron chi connectivity index (χ4n) is 1.23. The molecule has 1 heterocycles. The van der Waals surface area contributed by atoms with Crippen molar-refractivity contribution in [2.75, 3.05) is 13.2 Å². The Labute approximate surface area is 60.0 Å². The van der Waals surface area contributed by atoms with Crippen molar-refractivity contribution in [2.45, 2.75) is 25.6 Å². The summed E-state index contributed by atoms with van der Waals surface area (Å²) < 4.78 is 17.3. The van der Waals surface area contributed by atoms with Crippen molar-refractivity contribution in [2.24, 2.45) is 5.92 Å². The highest BCUT2D eigenvalue weighted by Crippen LogP contribution is 2.19. The molecule has 0 aliphatic carbocycles. The number of rotatable bonds is 2. The summed E-state index contributed by atoms with van der Waals surface area (Å²) in [4.78, 5) is 0. The third-order valence-electron chi connectivity index (χ3n) is 1.79. The number of aliphatic hydroxyl groups excluding tert-OH is 1. The van der Waals surface area contributed by atoms with Crippen LogP contribution in [0.1, 0.15) is 13.3 Å². The lowest BCUT2D eigenvalue weighted by molar-refractivity contribution is 0.111. The predicted molar refractivity (Wildman–Crippen MR) is 35.5 cm³/mol. The normalized spacial score (nSPS) is 36.3. The number of hydrogen-bond donors (Lipinski definition) is 1. The van der Waals surface area contributed by atoms with Gasteiger partial charge in [0.1, 0.15) is 0 Å². The van der Waals surface area contributed by atoms with Crippen LogP contribution >= 0.6 is 0 Å². The van der Waals surface area contributed by atoms with Crippen LogP contribution in [0.3, 0.4) is 0 Å². The molecule has 1 saturated heterocycles. The van der Waals surface area contributed by atoms with Gasteiger partial charge in [0.05, 0.1) is 25.5 Å². The van der Waals surface area contributed by atoms with E-state index in [9.17, 15) is 4.39 Å². The van der Waals surface area contributed by atoms with Crippen molar-refractivity contribution in [3.8, 4) is 0 Å². The number of ether oxygens (including phenoxy) is 1. The number of aliphatic hydroxyl groups is 1. The van der Waals surface area contributed by atoms with E-state index in [4.69, 9.17) is 9.84 Å². The Hall–Kier alpha value is -0.150. The fourth-order valence-corrected chi connectivity index (χ4v) is 1.23. The second kappa shape index (κ2) is 3.30. The molecule has 1 aliphatic rings. The smallest absolute Gasteiger partial charge is 0.0978 e. The number of alkyl halides is 1. The first kappa shape index (κ1) is 7.95. The van der Waals surface area contributed by atoms with E-state index in [2.05, 4.69) is 0 Å². The highest BCUT2D eigenvalue weighted by Gasteiger charge is 2.27. The van der Waals surface area contributed by atoms with Gasteiger partial charge in [-0.25, -0.2) is 4.39 Å². The summed E-state index contributed by atoms with van der Waals surface area (Å²) in [7, 11) is 0. The highest BCUT2D eigenvalue weighted by atomic mass is 19.1. The molecule has 0 spiro atoms. The third-order valence-corrected chi connectivity index (χ3v) is 1.79. The summed E-state index contributed by atoms with van der Waals surface area (Å²) in [6.45, 7) is 2.39. The van der Waals surface area contributed by atoms with Crippen LogP contribution in [0, 0.1) is 5.92 Å². The Morgan fingerprint density at radius 3 is 2.80 bits per heavy atom. The van der Waals surface area contributed by atoms with E-state index in [0.717, 1.165) is 0 Å². The molecule has 1 aliphatic heterocycles. The number of halogens is 1. The van der Waals surface area contributed by atoms with Crippen molar-refractivity contribution in [1.29, 1.82) is 0 Å². The lowest BCUT2D eigenvalue weighted by Crippen LogP contribution is -2.20. The molecule has 0 aromatic heterocycles. The summed E-state index contributed by atoms with van der Waals surface area (Å²) in [6, 6.07) is 0. The molecule has 1 rings (SSSR count). The molecule has 0 amide bonds. The summed E-state index contributed by atoms with van der Waals surface area (Å²) in [5, 5.41) is 9.15. The first-order chi connectivity index (χ1) is 4.70. The molecule has 3 unspecified atom stereocenters. The summed E-state index contributed by atoms with van der Waals surface area (Å²) in [6.07, 6.45) is -0.860. The average Bonchev–Trinajstić information content (AvgIpc) is 2.15. The van der Waals surface area contributed by atoms with Crippen molar-refractivity contribution >= 4 is 0 Å². The molecule has 1 fully saturated rings. The third kappa shape index (κ3) is 1.92.